The first-order valence-corrected chi connectivity index (χ1v) is 10.1. The molecule has 2 aromatic carbocycles. The van der Waals surface area contributed by atoms with Crippen LogP contribution in [-0.2, 0) is 15.6 Å². The summed E-state index contributed by atoms with van der Waals surface area (Å²) in [6.07, 6.45) is 0.774. The maximum absolute atomic E-state index is 13.4. The highest BCUT2D eigenvalue weighted by molar-refractivity contribution is 14.1. The Kier molecular flexibility index (Phi) is 5.31. The van der Waals surface area contributed by atoms with Gasteiger partial charge in [0, 0.05) is 22.2 Å². The fraction of sp³-hybridized carbons (Fsp3) is 0.235. The predicted octanol–water partition coefficient (Wildman–Crippen LogP) is 4.55. The summed E-state index contributed by atoms with van der Waals surface area (Å²) in [6.45, 7) is 1.41. The van der Waals surface area contributed by atoms with Crippen LogP contribution in [0.2, 0.25) is 0 Å². The third-order valence-corrected chi connectivity index (χ3v) is 7.08. The van der Waals surface area contributed by atoms with Crippen LogP contribution in [0.1, 0.15) is 22.3 Å². The average molecular weight is 441 g/mol. The molecule has 1 atom stereocenters. The summed E-state index contributed by atoms with van der Waals surface area (Å²) in [6, 6.07) is 16.9. The second kappa shape index (κ2) is 7.26. The van der Waals surface area contributed by atoms with E-state index in [1.807, 2.05) is 42.5 Å². The third kappa shape index (κ3) is 3.58. The lowest BCUT2D eigenvalue weighted by atomic mass is 10.2. The Balaban J connectivity index is 1.91. The van der Waals surface area contributed by atoms with E-state index in [9.17, 15) is 9.36 Å². The van der Waals surface area contributed by atoms with E-state index in [1.54, 1.807) is 16.8 Å². The highest BCUT2D eigenvalue weighted by Crippen LogP contribution is 2.56. The van der Waals surface area contributed by atoms with Crippen molar-refractivity contribution in [3.05, 3.63) is 69.3 Å². The zero-order valence-corrected chi connectivity index (χ0v) is 15.6. The molecule has 3 rings (SSSR count). The number of rotatable bonds is 4. The molecular formula is C17H17INO3P. The van der Waals surface area contributed by atoms with E-state index in [-0.39, 0.29) is 0 Å². The van der Waals surface area contributed by atoms with Gasteiger partial charge in [0.15, 0.2) is 0 Å². The van der Waals surface area contributed by atoms with Gasteiger partial charge in [0.25, 0.3) is 5.52 Å². The fourth-order valence-electron chi connectivity index (χ4n) is 2.59. The molecule has 6 heteroatoms. The lowest BCUT2D eigenvalue weighted by Crippen LogP contribution is -2.31. The molecule has 0 amide bonds. The van der Waals surface area contributed by atoms with Crippen LogP contribution in [0, 0.1) is 3.57 Å². The van der Waals surface area contributed by atoms with Crippen LogP contribution >= 0.6 is 30.1 Å². The van der Waals surface area contributed by atoms with Crippen LogP contribution < -0.4 is 0 Å². The standard InChI is InChI=1S/C17H17INO3P/c18-16-10-5-4-9-15(16)17(20)23(21)19(11-6-12-22-23)13-14-7-2-1-3-8-14/h1-5,7-10H,6,11-13H2. The van der Waals surface area contributed by atoms with Crippen molar-refractivity contribution in [2.24, 2.45) is 0 Å². The molecule has 120 valence electrons. The van der Waals surface area contributed by atoms with Crippen molar-refractivity contribution in [3.8, 4) is 0 Å². The van der Waals surface area contributed by atoms with Gasteiger partial charge in [0.05, 0.1) is 6.61 Å². The first-order chi connectivity index (χ1) is 11.1. The number of carbonyl (C=O) groups excluding carboxylic acids is 1. The molecular weight excluding hydrogens is 424 g/mol. The highest BCUT2D eigenvalue weighted by Gasteiger charge is 2.43. The van der Waals surface area contributed by atoms with E-state index in [1.165, 1.54) is 0 Å². The summed E-state index contributed by atoms with van der Waals surface area (Å²) in [4.78, 5) is 12.9. The Labute approximate surface area is 149 Å². The number of carbonyl (C=O) groups is 1. The third-order valence-electron chi connectivity index (χ3n) is 3.77. The largest absolute Gasteiger partial charge is 0.342 e. The van der Waals surface area contributed by atoms with Gasteiger partial charge in [0.2, 0.25) is 0 Å². The predicted molar refractivity (Wildman–Crippen MR) is 98.5 cm³/mol. The van der Waals surface area contributed by atoms with Gasteiger partial charge in [-0.15, -0.1) is 0 Å². The topological polar surface area (TPSA) is 46.6 Å². The zero-order chi connectivity index (χ0) is 16.3. The Morgan fingerprint density at radius 3 is 2.57 bits per heavy atom. The molecule has 1 aliphatic heterocycles. The summed E-state index contributed by atoms with van der Waals surface area (Å²) >= 11 is 2.09. The molecule has 1 saturated heterocycles. The van der Waals surface area contributed by atoms with Crippen LogP contribution in [-0.4, -0.2) is 23.3 Å². The maximum atomic E-state index is 13.4. The minimum atomic E-state index is -3.54. The van der Waals surface area contributed by atoms with Gasteiger partial charge in [-0.1, -0.05) is 42.5 Å². The van der Waals surface area contributed by atoms with E-state index in [0.717, 1.165) is 15.6 Å². The van der Waals surface area contributed by atoms with Crippen molar-refractivity contribution in [2.75, 3.05) is 13.2 Å². The number of hydrogen-bond donors (Lipinski definition) is 0. The molecule has 23 heavy (non-hydrogen) atoms. The van der Waals surface area contributed by atoms with Gasteiger partial charge < -0.3 is 4.52 Å². The van der Waals surface area contributed by atoms with E-state index >= 15 is 0 Å². The lowest BCUT2D eigenvalue weighted by molar-refractivity contribution is 0.100. The second-order valence-electron chi connectivity index (χ2n) is 5.37. The van der Waals surface area contributed by atoms with E-state index in [2.05, 4.69) is 22.6 Å². The summed E-state index contributed by atoms with van der Waals surface area (Å²) in [7, 11) is -3.54. The highest BCUT2D eigenvalue weighted by atomic mass is 127. The first-order valence-electron chi connectivity index (χ1n) is 7.44. The number of nitrogens with zero attached hydrogens (tertiary/aromatic N) is 1. The lowest BCUT2D eigenvalue weighted by Gasteiger charge is -2.34. The summed E-state index contributed by atoms with van der Waals surface area (Å²) in [5.74, 6) is 0. The minimum absolute atomic E-state index is 0.359. The molecule has 0 bridgehead atoms. The quantitative estimate of drug-likeness (QED) is 0.516. The maximum Gasteiger partial charge on any atom is 0.342 e. The van der Waals surface area contributed by atoms with Gasteiger partial charge in [0.1, 0.15) is 0 Å². The summed E-state index contributed by atoms with van der Waals surface area (Å²) < 4.78 is 21.4. The van der Waals surface area contributed by atoms with Crippen molar-refractivity contribution in [3.63, 3.8) is 0 Å². The van der Waals surface area contributed by atoms with Crippen molar-refractivity contribution in [1.82, 2.24) is 4.67 Å². The molecule has 4 nitrogen and oxygen atoms in total. The molecule has 0 spiro atoms. The first kappa shape index (κ1) is 16.8. The van der Waals surface area contributed by atoms with Gasteiger partial charge in [-0.25, -0.2) is 4.67 Å². The van der Waals surface area contributed by atoms with Crippen LogP contribution in [0.5, 0.6) is 0 Å². The van der Waals surface area contributed by atoms with Crippen molar-refractivity contribution in [1.29, 1.82) is 0 Å². The van der Waals surface area contributed by atoms with Crippen LogP contribution in [0.25, 0.3) is 0 Å². The van der Waals surface area contributed by atoms with Crippen molar-refractivity contribution >= 4 is 35.6 Å². The minimum Gasteiger partial charge on any atom is -0.312 e. The molecule has 1 heterocycles. The van der Waals surface area contributed by atoms with Crippen molar-refractivity contribution in [2.45, 2.75) is 13.0 Å². The normalized spacial score (nSPS) is 22.0. The number of hydrogen-bond acceptors (Lipinski definition) is 3. The monoisotopic (exact) mass is 441 g/mol. The Bertz CT molecular complexity index is 751. The molecule has 0 N–H and O–H groups in total. The van der Waals surface area contributed by atoms with Gasteiger partial charge in [-0.2, -0.15) is 0 Å². The molecule has 1 fully saturated rings. The molecule has 0 saturated carbocycles. The summed E-state index contributed by atoms with van der Waals surface area (Å²) in [5.41, 5.74) is 1.09. The van der Waals surface area contributed by atoms with Crippen LogP contribution in [0.3, 0.4) is 0 Å². The molecule has 0 radical (unpaired) electrons. The second-order valence-corrected chi connectivity index (χ2v) is 8.80. The van der Waals surface area contributed by atoms with Gasteiger partial charge in [-0.05, 0) is 46.7 Å². The Morgan fingerprint density at radius 2 is 1.83 bits per heavy atom. The average Bonchev–Trinajstić information content (AvgIpc) is 2.58. The molecule has 0 aliphatic carbocycles. The molecule has 0 aromatic heterocycles. The smallest absolute Gasteiger partial charge is 0.312 e. The molecule has 1 unspecified atom stereocenters. The van der Waals surface area contributed by atoms with E-state index in [4.69, 9.17) is 4.52 Å². The van der Waals surface area contributed by atoms with Crippen LogP contribution in [0.15, 0.2) is 54.6 Å². The van der Waals surface area contributed by atoms with Gasteiger partial charge in [-0.3, -0.25) is 9.36 Å². The fourth-order valence-corrected chi connectivity index (χ4v) is 5.60. The van der Waals surface area contributed by atoms with Crippen LogP contribution in [0.4, 0.5) is 0 Å². The molecule has 1 aliphatic rings. The SMILES string of the molecule is O=C(c1ccccc1I)P1(=O)OCCCN1Cc1ccccc1. The Hall–Kier alpha value is -1.01. The van der Waals surface area contributed by atoms with Gasteiger partial charge >= 0.3 is 7.52 Å². The summed E-state index contributed by atoms with van der Waals surface area (Å²) in [5, 5.41) is 0. The number of benzene rings is 2. The van der Waals surface area contributed by atoms with E-state index in [0.29, 0.717) is 25.3 Å². The van der Waals surface area contributed by atoms with Crippen molar-refractivity contribution < 1.29 is 13.9 Å². The molecule has 2 aromatic rings. The number of halogens is 1. The van der Waals surface area contributed by atoms with E-state index < -0.39 is 13.0 Å². The zero-order valence-electron chi connectivity index (χ0n) is 12.5. The Morgan fingerprint density at radius 1 is 1.13 bits per heavy atom.